The van der Waals surface area contributed by atoms with Gasteiger partial charge in [0.15, 0.2) is 0 Å². The highest BCUT2D eigenvalue weighted by Crippen LogP contribution is 2.33. The van der Waals surface area contributed by atoms with Crippen molar-refractivity contribution < 1.29 is 28.3 Å². The molecule has 2 atom stereocenters. The third-order valence-electron chi connectivity index (χ3n) is 7.02. The molecule has 43 heavy (non-hydrogen) atoms. The summed E-state index contributed by atoms with van der Waals surface area (Å²) >= 11 is 0. The number of carbonyl (C=O) groups is 1. The highest BCUT2D eigenvalue weighted by molar-refractivity contribution is 5.91. The number of hydrogen-bond acceptors (Lipinski definition) is 8. The van der Waals surface area contributed by atoms with Gasteiger partial charge in [-0.25, -0.2) is 18.9 Å². The zero-order chi connectivity index (χ0) is 30.7. The van der Waals surface area contributed by atoms with Crippen molar-refractivity contribution in [3.05, 3.63) is 89.5 Å². The summed E-state index contributed by atoms with van der Waals surface area (Å²) in [6.07, 6.45) is 2.12. The number of nitrogens with one attached hydrogen (secondary N) is 2. The number of methoxy groups -OCH3 is 1. The molecule has 226 valence electrons. The van der Waals surface area contributed by atoms with E-state index in [9.17, 15) is 18.7 Å². The van der Waals surface area contributed by atoms with Gasteiger partial charge in [-0.05, 0) is 56.7 Å². The van der Waals surface area contributed by atoms with Gasteiger partial charge in [0.1, 0.15) is 29.0 Å². The average molecular weight is 594 g/mol. The highest BCUT2D eigenvalue weighted by Gasteiger charge is 2.37. The second-order valence-corrected chi connectivity index (χ2v) is 10.7. The van der Waals surface area contributed by atoms with Crippen LogP contribution in [0.5, 0.6) is 0 Å². The van der Waals surface area contributed by atoms with Crippen LogP contribution in [0.2, 0.25) is 0 Å². The van der Waals surface area contributed by atoms with E-state index < -0.39 is 35.5 Å². The number of aliphatic hydroxyl groups is 1. The average Bonchev–Trinajstić information content (AvgIpc) is 3.52. The van der Waals surface area contributed by atoms with Gasteiger partial charge in [0.25, 0.3) is 0 Å². The Kier molecular flexibility index (Phi) is 8.78. The number of amides is 2. The number of para-hydroxylation sites is 1. The Balaban J connectivity index is 1.45. The Morgan fingerprint density at radius 3 is 2.63 bits per heavy atom. The molecule has 2 amide bonds. The number of anilines is 1. The lowest BCUT2D eigenvalue weighted by molar-refractivity contribution is -0.154. The molecule has 0 radical (unpaired) electrons. The topological polar surface area (TPSA) is 127 Å². The molecule has 1 fully saturated rings. The predicted molar refractivity (Wildman–Crippen MR) is 154 cm³/mol. The molecule has 3 aromatic heterocycles. The van der Waals surface area contributed by atoms with E-state index in [1.54, 1.807) is 29.8 Å². The van der Waals surface area contributed by atoms with Gasteiger partial charge in [-0.15, -0.1) is 0 Å². The summed E-state index contributed by atoms with van der Waals surface area (Å²) in [5.74, 6) is -0.979. The van der Waals surface area contributed by atoms with Crippen LogP contribution in [0.4, 0.5) is 19.4 Å². The summed E-state index contributed by atoms with van der Waals surface area (Å²) in [5, 5.41) is 22.4. The Morgan fingerprint density at radius 2 is 1.95 bits per heavy atom. The van der Waals surface area contributed by atoms with Crippen LogP contribution in [-0.4, -0.2) is 68.8 Å². The van der Waals surface area contributed by atoms with E-state index in [2.05, 4.69) is 20.6 Å². The molecule has 11 nitrogen and oxygen atoms in total. The number of halogens is 2. The van der Waals surface area contributed by atoms with E-state index in [1.165, 1.54) is 38.4 Å². The molecule has 3 N–H and O–H groups in total. The lowest BCUT2D eigenvalue weighted by Crippen LogP contribution is -2.42. The molecule has 4 heterocycles. The van der Waals surface area contributed by atoms with Crippen molar-refractivity contribution >= 4 is 11.8 Å². The van der Waals surface area contributed by atoms with Crippen LogP contribution >= 0.6 is 0 Å². The van der Waals surface area contributed by atoms with Crippen LogP contribution in [0.3, 0.4) is 0 Å². The molecule has 0 aliphatic carbocycles. The smallest absolute Gasteiger partial charge is 0.320 e. The fourth-order valence-corrected chi connectivity index (χ4v) is 4.94. The summed E-state index contributed by atoms with van der Waals surface area (Å²) in [6, 6.07) is 12.2. The van der Waals surface area contributed by atoms with Crippen LogP contribution < -0.4 is 10.6 Å². The lowest BCUT2D eigenvalue weighted by Gasteiger charge is -2.19. The molecule has 1 aliphatic rings. The number of benzene rings is 1. The number of nitrogens with zero attached hydrogens (tertiary/aromatic N) is 5. The predicted octanol–water partition coefficient (Wildman–Crippen LogP) is 4.27. The van der Waals surface area contributed by atoms with E-state index in [4.69, 9.17) is 14.7 Å². The van der Waals surface area contributed by atoms with E-state index in [0.717, 1.165) is 0 Å². The van der Waals surface area contributed by atoms with Crippen molar-refractivity contribution in [1.29, 1.82) is 0 Å². The summed E-state index contributed by atoms with van der Waals surface area (Å²) in [7, 11) is 1.58. The second-order valence-electron chi connectivity index (χ2n) is 10.7. The zero-order valence-corrected chi connectivity index (χ0v) is 24.2. The fraction of sp³-hybridized carbons (Fsp3) is 0.333. The maximum atomic E-state index is 15.0. The molecule has 0 unspecified atom stereocenters. The first-order valence-electron chi connectivity index (χ1n) is 13.7. The van der Waals surface area contributed by atoms with Crippen molar-refractivity contribution in [2.45, 2.75) is 38.5 Å². The minimum Gasteiger partial charge on any atom is -0.384 e. The minimum atomic E-state index is -1.46. The van der Waals surface area contributed by atoms with E-state index >= 15 is 0 Å². The quantitative estimate of drug-likeness (QED) is 0.246. The third-order valence-corrected chi connectivity index (χ3v) is 7.02. The van der Waals surface area contributed by atoms with Gasteiger partial charge in [-0.1, -0.05) is 18.2 Å². The van der Waals surface area contributed by atoms with Gasteiger partial charge < -0.3 is 15.2 Å². The van der Waals surface area contributed by atoms with Crippen LogP contribution in [0.15, 0.2) is 60.9 Å². The number of aromatic nitrogens is 4. The summed E-state index contributed by atoms with van der Waals surface area (Å²) in [6.45, 7) is 5.84. The molecule has 1 aromatic carbocycles. The number of hydroxylamine groups is 2. The standard InChI is InChI=1S/C30H33F2N7O4/c1-18-25(20-14-22(31)27(34-16-20)30(2,3)41)37-39(21-8-6-5-7-9-21)28(18)36-29(40)35-23-17-38(12-13-42-4)43-26(23)19-10-11-33-24(32)15-19/h5-11,14-16,23,26,41H,12-13,17H2,1-4H3,(H2,35,36,40)/t23-,26+/m1/s1. The molecular formula is C30H33F2N7O4. The summed E-state index contributed by atoms with van der Waals surface area (Å²) in [4.78, 5) is 27.3. The monoisotopic (exact) mass is 593 g/mol. The van der Waals surface area contributed by atoms with Crippen LogP contribution in [0.25, 0.3) is 16.9 Å². The molecule has 1 saturated heterocycles. The van der Waals surface area contributed by atoms with Gasteiger partial charge in [0, 0.05) is 43.7 Å². The lowest BCUT2D eigenvalue weighted by atomic mass is 10.0. The zero-order valence-electron chi connectivity index (χ0n) is 24.2. The number of hydrogen-bond donors (Lipinski definition) is 3. The second kappa shape index (κ2) is 12.5. The van der Waals surface area contributed by atoms with Crippen molar-refractivity contribution in [3.63, 3.8) is 0 Å². The molecule has 0 saturated carbocycles. The van der Waals surface area contributed by atoms with Gasteiger partial charge in [-0.2, -0.15) is 14.6 Å². The Morgan fingerprint density at radius 1 is 1.19 bits per heavy atom. The first-order valence-corrected chi connectivity index (χ1v) is 13.7. The molecule has 0 spiro atoms. The normalized spacial score (nSPS) is 17.3. The van der Waals surface area contributed by atoms with E-state index in [-0.39, 0.29) is 5.69 Å². The summed E-state index contributed by atoms with van der Waals surface area (Å²) in [5.41, 5.74) is 0.967. The SMILES string of the molecule is COCCN1C[C@@H](NC(=O)Nc2c(C)c(-c3cnc(C(C)(C)O)c(F)c3)nn2-c2ccccc2)[C@H](c2ccnc(F)c2)O1. The molecule has 1 aliphatic heterocycles. The minimum absolute atomic E-state index is 0.0870. The van der Waals surface area contributed by atoms with Crippen molar-refractivity contribution in [2.24, 2.45) is 0 Å². The van der Waals surface area contributed by atoms with E-state index in [1.807, 2.05) is 30.3 Å². The Bertz CT molecular complexity index is 1590. The molecule has 13 heteroatoms. The summed E-state index contributed by atoms with van der Waals surface area (Å²) < 4.78 is 35.6. The fourth-order valence-electron chi connectivity index (χ4n) is 4.94. The molecular weight excluding hydrogens is 560 g/mol. The van der Waals surface area contributed by atoms with Gasteiger partial charge in [0.2, 0.25) is 5.95 Å². The van der Waals surface area contributed by atoms with Crippen molar-refractivity contribution in [2.75, 3.05) is 32.1 Å². The largest absolute Gasteiger partial charge is 0.384 e. The van der Waals surface area contributed by atoms with E-state index in [0.29, 0.717) is 53.6 Å². The Labute approximate surface area is 247 Å². The first kappa shape index (κ1) is 30.2. The van der Waals surface area contributed by atoms with Crippen molar-refractivity contribution in [3.8, 4) is 16.9 Å². The number of rotatable bonds is 9. The van der Waals surface area contributed by atoms with Crippen LogP contribution in [0.1, 0.15) is 36.8 Å². The van der Waals surface area contributed by atoms with Crippen LogP contribution in [-0.2, 0) is 15.2 Å². The molecule has 5 rings (SSSR count). The molecule has 0 bridgehead atoms. The molecule has 4 aromatic rings. The third kappa shape index (κ3) is 6.70. The van der Waals surface area contributed by atoms with Crippen molar-refractivity contribution in [1.82, 2.24) is 30.1 Å². The van der Waals surface area contributed by atoms with Gasteiger partial charge >= 0.3 is 6.03 Å². The first-order chi connectivity index (χ1) is 20.5. The number of urea groups is 1. The maximum Gasteiger partial charge on any atom is 0.320 e. The van der Waals surface area contributed by atoms with Gasteiger partial charge in [-0.3, -0.25) is 15.1 Å². The highest BCUT2D eigenvalue weighted by atomic mass is 19.1. The number of carbonyl (C=O) groups excluding carboxylic acids is 1. The maximum absolute atomic E-state index is 15.0. The van der Waals surface area contributed by atoms with Crippen LogP contribution in [0, 0.1) is 18.7 Å². The number of pyridine rings is 2. The Hall–Kier alpha value is -4.30. The van der Waals surface area contributed by atoms with Gasteiger partial charge in [0.05, 0.1) is 24.0 Å². The number of ether oxygens (including phenoxy) is 1.